The highest BCUT2D eigenvalue weighted by atomic mass is 35.5. The average molecular weight is 348 g/mol. The molecule has 7 heteroatoms. The summed E-state index contributed by atoms with van der Waals surface area (Å²) in [5, 5.41) is 0.472. The fraction of sp³-hybridized carbons (Fsp3) is 0.412. The van der Waals surface area contributed by atoms with Gasteiger partial charge in [0.05, 0.1) is 36.8 Å². The van der Waals surface area contributed by atoms with E-state index < -0.39 is 29.8 Å². The number of imide groups is 1. The molecule has 5 rings (SSSR count). The summed E-state index contributed by atoms with van der Waals surface area (Å²) in [6, 6.07) is 6.74. The van der Waals surface area contributed by atoms with Gasteiger partial charge in [0.2, 0.25) is 11.8 Å². The van der Waals surface area contributed by atoms with Crippen molar-refractivity contribution in [3.8, 4) is 0 Å². The van der Waals surface area contributed by atoms with Gasteiger partial charge in [0, 0.05) is 5.02 Å². The van der Waals surface area contributed by atoms with Crippen LogP contribution in [0, 0.1) is 11.8 Å². The van der Waals surface area contributed by atoms with Gasteiger partial charge in [-0.25, -0.2) is 4.90 Å². The molecule has 3 fully saturated rings. The van der Waals surface area contributed by atoms with Gasteiger partial charge in [0.1, 0.15) is 0 Å². The molecule has 0 aromatic heterocycles. The lowest BCUT2D eigenvalue weighted by atomic mass is 9.76. The number of rotatable bonds is 2. The van der Waals surface area contributed by atoms with E-state index in [1.165, 1.54) is 4.90 Å². The Bertz CT molecular complexity index is 774. The number of ether oxygens (including phenoxy) is 3. The van der Waals surface area contributed by atoms with Crippen molar-refractivity contribution >= 4 is 29.1 Å². The minimum absolute atomic E-state index is 0.263. The van der Waals surface area contributed by atoms with E-state index in [2.05, 4.69) is 0 Å². The Balaban J connectivity index is 1.57. The molecule has 3 saturated heterocycles. The number of hydrogen-bond donors (Lipinski definition) is 0. The van der Waals surface area contributed by atoms with Gasteiger partial charge >= 0.3 is 0 Å². The standard InChI is InChI=1S/C17H14ClNO5/c18-9-2-1-3-10(8-9)19-14(20)12-11-4-5-17(24-11,13(12)15(19)21)16-22-6-7-23-16/h1-5,8,11-13,16H,6-7H2/t11-,12-,13+,17-/m1/s1. The van der Waals surface area contributed by atoms with E-state index in [1.807, 2.05) is 12.2 Å². The number of amides is 2. The van der Waals surface area contributed by atoms with Crippen LogP contribution in [0.1, 0.15) is 0 Å². The summed E-state index contributed by atoms with van der Waals surface area (Å²) in [4.78, 5) is 27.2. The molecule has 124 valence electrons. The van der Waals surface area contributed by atoms with Crippen molar-refractivity contribution in [3.63, 3.8) is 0 Å². The number of fused-ring (bicyclic) bond motifs is 5. The highest BCUT2D eigenvalue weighted by Crippen LogP contribution is 2.55. The van der Waals surface area contributed by atoms with Crippen LogP contribution in [-0.2, 0) is 23.8 Å². The zero-order valence-electron chi connectivity index (χ0n) is 12.6. The first kappa shape index (κ1) is 14.6. The Hall–Kier alpha value is -1.73. The van der Waals surface area contributed by atoms with Crippen LogP contribution in [0.15, 0.2) is 36.4 Å². The van der Waals surface area contributed by atoms with Gasteiger partial charge in [-0.2, -0.15) is 0 Å². The zero-order valence-corrected chi connectivity index (χ0v) is 13.3. The summed E-state index contributed by atoms with van der Waals surface area (Å²) in [7, 11) is 0. The van der Waals surface area contributed by atoms with E-state index in [0.717, 1.165) is 0 Å². The second-order valence-corrected chi connectivity index (χ2v) is 6.80. The Morgan fingerprint density at radius 2 is 1.96 bits per heavy atom. The van der Waals surface area contributed by atoms with Crippen LogP contribution < -0.4 is 4.90 Å². The van der Waals surface area contributed by atoms with Crippen molar-refractivity contribution in [2.45, 2.75) is 18.0 Å². The summed E-state index contributed by atoms with van der Waals surface area (Å²) >= 11 is 6.01. The van der Waals surface area contributed by atoms with Crippen molar-refractivity contribution in [2.75, 3.05) is 18.1 Å². The first-order valence-corrected chi connectivity index (χ1v) is 8.23. The fourth-order valence-electron chi connectivity index (χ4n) is 4.20. The molecule has 2 amide bonds. The third kappa shape index (κ3) is 1.71. The number of anilines is 1. The number of hydrogen-bond acceptors (Lipinski definition) is 5. The van der Waals surface area contributed by atoms with Crippen LogP contribution in [-0.4, -0.2) is 43.0 Å². The number of benzene rings is 1. The average Bonchev–Trinajstić information content (AvgIpc) is 3.31. The summed E-state index contributed by atoms with van der Waals surface area (Å²) in [5.74, 6) is -1.74. The first-order valence-electron chi connectivity index (χ1n) is 7.85. The van der Waals surface area contributed by atoms with Gasteiger partial charge in [0.15, 0.2) is 11.9 Å². The predicted octanol–water partition coefficient (Wildman–Crippen LogP) is 1.53. The van der Waals surface area contributed by atoms with Crippen LogP contribution >= 0.6 is 11.6 Å². The van der Waals surface area contributed by atoms with Crippen molar-refractivity contribution in [2.24, 2.45) is 11.8 Å². The number of nitrogens with zero attached hydrogens (tertiary/aromatic N) is 1. The molecular formula is C17H14ClNO5. The lowest BCUT2D eigenvalue weighted by molar-refractivity contribution is -0.180. The maximum absolute atomic E-state index is 13.1. The van der Waals surface area contributed by atoms with Crippen LogP contribution in [0.5, 0.6) is 0 Å². The molecule has 4 aliphatic rings. The van der Waals surface area contributed by atoms with Gasteiger partial charge in [0.25, 0.3) is 0 Å². The second kappa shape index (κ2) is 4.89. The van der Waals surface area contributed by atoms with Gasteiger partial charge < -0.3 is 14.2 Å². The van der Waals surface area contributed by atoms with E-state index in [4.69, 9.17) is 25.8 Å². The topological polar surface area (TPSA) is 65.1 Å². The van der Waals surface area contributed by atoms with Gasteiger partial charge in [-0.15, -0.1) is 0 Å². The zero-order chi connectivity index (χ0) is 16.5. The molecule has 0 spiro atoms. The summed E-state index contributed by atoms with van der Waals surface area (Å²) in [6.45, 7) is 0.900. The van der Waals surface area contributed by atoms with Gasteiger partial charge in [-0.1, -0.05) is 23.7 Å². The minimum atomic E-state index is -1.02. The Kier molecular flexibility index (Phi) is 2.98. The molecule has 6 nitrogen and oxygen atoms in total. The highest BCUT2D eigenvalue weighted by Gasteiger charge is 2.71. The minimum Gasteiger partial charge on any atom is -0.357 e. The van der Waals surface area contributed by atoms with Crippen LogP contribution in [0.3, 0.4) is 0 Å². The van der Waals surface area contributed by atoms with Crippen molar-refractivity contribution in [1.82, 2.24) is 0 Å². The lowest BCUT2D eigenvalue weighted by Crippen LogP contribution is -2.49. The van der Waals surface area contributed by atoms with E-state index >= 15 is 0 Å². The third-order valence-corrected chi connectivity index (χ3v) is 5.37. The summed E-state index contributed by atoms with van der Waals surface area (Å²) in [6.07, 6.45) is 2.56. The number of carbonyl (C=O) groups excluding carboxylic acids is 2. The Labute approximate surface area is 142 Å². The van der Waals surface area contributed by atoms with Crippen LogP contribution in [0.2, 0.25) is 5.02 Å². The molecule has 1 aromatic rings. The van der Waals surface area contributed by atoms with Gasteiger partial charge in [-0.05, 0) is 24.3 Å². The smallest absolute Gasteiger partial charge is 0.241 e. The molecule has 4 atom stereocenters. The molecule has 0 saturated carbocycles. The third-order valence-electron chi connectivity index (χ3n) is 5.13. The van der Waals surface area contributed by atoms with E-state index in [0.29, 0.717) is 23.9 Å². The van der Waals surface area contributed by atoms with Crippen LogP contribution in [0.4, 0.5) is 5.69 Å². The molecule has 0 N–H and O–H groups in total. The Morgan fingerprint density at radius 3 is 2.71 bits per heavy atom. The molecule has 4 heterocycles. The monoisotopic (exact) mass is 347 g/mol. The van der Waals surface area contributed by atoms with Crippen molar-refractivity contribution < 1.29 is 23.8 Å². The van der Waals surface area contributed by atoms with E-state index in [-0.39, 0.29) is 11.8 Å². The largest absolute Gasteiger partial charge is 0.357 e. The van der Waals surface area contributed by atoms with E-state index in [1.54, 1.807) is 24.3 Å². The fourth-order valence-corrected chi connectivity index (χ4v) is 4.38. The quantitative estimate of drug-likeness (QED) is 0.599. The highest BCUT2D eigenvalue weighted by molar-refractivity contribution is 6.31. The predicted molar refractivity (Wildman–Crippen MR) is 83.4 cm³/mol. The normalized spacial score (nSPS) is 37.7. The molecule has 4 aliphatic heterocycles. The van der Waals surface area contributed by atoms with Crippen LogP contribution in [0.25, 0.3) is 0 Å². The summed E-state index contributed by atoms with van der Waals surface area (Å²) in [5.41, 5.74) is -0.541. The lowest BCUT2D eigenvalue weighted by Gasteiger charge is -2.32. The SMILES string of the molecule is O=C1[C@H]2[C@@H](C(=O)N1c1cccc(Cl)c1)[C@@]1(C3OCCO3)C=C[C@H]2O1. The van der Waals surface area contributed by atoms with E-state index in [9.17, 15) is 9.59 Å². The maximum atomic E-state index is 13.1. The Morgan fingerprint density at radius 1 is 1.17 bits per heavy atom. The number of halogens is 1. The first-order chi connectivity index (χ1) is 11.6. The maximum Gasteiger partial charge on any atom is 0.241 e. The molecular weight excluding hydrogens is 334 g/mol. The van der Waals surface area contributed by atoms with Crippen molar-refractivity contribution in [3.05, 3.63) is 41.4 Å². The molecule has 24 heavy (non-hydrogen) atoms. The molecule has 1 aromatic carbocycles. The summed E-state index contributed by atoms with van der Waals surface area (Å²) < 4.78 is 17.2. The molecule has 0 aliphatic carbocycles. The molecule has 2 bridgehead atoms. The molecule has 0 unspecified atom stereocenters. The number of carbonyl (C=O) groups is 2. The second-order valence-electron chi connectivity index (χ2n) is 6.36. The molecule has 0 radical (unpaired) electrons. The van der Waals surface area contributed by atoms with Crippen molar-refractivity contribution in [1.29, 1.82) is 0 Å². The van der Waals surface area contributed by atoms with Gasteiger partial charge in [-0.3, -0.25) is 9.59 Å².